The third kappa shape index (κ3) is 5.23. The number of fused-ring (bicyclic) bond motifs is 1. The van der Waals surface area contributed by atoms with Crippen LogP contribution in [0, 0.1) is 5.92 Å². The highest BCUT2D eigenvalue weighted by Gasteiger charge is 2.27. The van der Waals surface area contributed by atoms with E-state index in [1.165, 1.54) is 0 Å². The van der Waals surface area contributed by atoms with Crippen LogP contribution in [0.15, 0.2) is 54.6 Å². The summed E-state index contributed by atoms with van der Waals surface area (Å²) in [6.45, 7) is 7.41. The molecule has 2 N–H and O–H groups in total. The maximum absolute atomic E-state index is 12.4. The van der Waals surface area contributed by atoms with Crippen molar-refractivity contribution >= 4 is 40.5 Å². The van der Waals surface area contributed by atoms with E-state index in [4.69, 9.17) is 11.6 Å². The van der Waals surface area contributed by atoms with E-state index in [0.717, 1.165) is 61.6 Å². The Morgan fingerprint density at radius 3 is 2.55 bits per heavy atom. The maximum Gasteiger partial charge on any atom is 0.248 e. The van der Waals surface area contributed by atoms with Crippen LogP contribution in [0.1, 0.15) is 38.3 Å². The quantitative estimate of drug-likeness (QED) is 0.622. The van der Waals surface area contributed by atoms with Crippen LogP contribution in [0.4, 0.5) is 17.1 Å². The van der Waals surface area contributed by atoms with Crippen LogP contribution in [0.3, 0.4) is 0 Å². The molecule has 174 valence electrons. The Kier molecular flexibility index (Phi) is 7.36. The summed E-state index contributed by atoms with van der Waals surface area (Å²) in [5.74, 6) is -0.0286. The SMILES string of the molecule is CCC(CC)C(=O)Nc1ccc(N2CCN(C3C=CC(=O)Nc4ccccc43)CC2)c(Cl)c1. The lowest BCUT2D eigenvalue weighted by atomic mass is 10.0. The highest BCUT2D eigenvalue weighted by atomic mass is 35.5. The van der Waals surface area contributed by atoms with Crippen molar-refractivity contribution in [3.8, 4) is 0 Å². The largest absolute Gasteiger partial charge is 0.368 e. The van der Waals surface area contributed by atoms with E-state index in [1.54, 1.807) is 6.08 Å². The summed E-state index contributed by atoms with van der Waals surface area (Å²) in [6, 6.07) is 13.8. The Morgan fingerprint density at radius 2 is 1.85 bits per heavy atom. The summed E-state index contributed by atoms with van der Waals surface area (Å²) in [5.41, 5.74) is 3.69. The van der Waals surface area contributed by atoms with Crippen LogP contribution < -0.4 is 15.5 Å². The number of amides is 2. The predicted octanol–water partition coefficient (Wildman–Crippen LogP) is 5.09. The fourth-order valence-corrected chi connectivity index (χ4v) is 4.93. The van der Waals surface area contributed by atoms with E-state index in [1.807, 2.05) is 56.3 Å². The molecule has 2 heterocycles. The molecule has 0 aliphatic carbocycles. The summed E-state index contributed by atoms with van der Waals surface area (Å²) >= 11 is 6.62. The molecule has 0 aromatic heterocycles. The van der Waals surface area contributed by atoms with Crippen LogP contribution in [0.5, 0.6) is 0 Å². The third-order valence-corrected chi connectivity index (χ3v) is 6.89. The summed E-state index contributed by atoms with van der Waals surface area (Å²) in [6.07, 6.45) is 5.26. The topological polar surface area (TPSA) is 64.7 Å². The van der Waals surface area contributed by atoms with Crippen molar-refractivity contribution < 1.29 is 9.59 Å². The van der Waals surface area contributed by atoms with Gasteiger partial charge in [-0.15, -0.1) is 0 Å². The summed E-state index contributed by atoms with van der Waals surface area (Å²) in [7, 11) is 0. The van der Waals surface area contributed by atoms with Crippen molar-refractivity contribution in [1.29, 1.82) is 0 Å². The normalized spacial score (nSPS) is 18.6. The zero-order chi connectivity index (χ0) is 23.4. The highest BCUT2D eigenvalue weighted by molar-refractivity contribution is 6.33. The molecule has 7 heteroatoms. The number of rotatable bonds is 6. The molecule has 2 amide bonds. The molecule has 2 aromatic carbocycles. The zero-order valence-corrected chi connectivity index (χ0v) is 19.9. The molecular formula is C26H31ClN4O2. The van der Waals surface area contributed by atoms with Gasteiger partial charge in [-0.3, -0.25) is 14.5 Å². The van der Waals surface area contributed by atoms with Crippen LogP contribution >= 0.6 is 11.6 Å². The van der Waals surface area contributed by atoms with Crippen molar-refractivity contribution in [2.45, 2.75) is 32.7 Å². The molecule has 0 radical (unpaired) electrons. The number of hydrogen-bond donors (Lipinski definition) is 2. The van der Waals surface area contributed by atoms with E-state index < -0.39 is 0 Å². The molecule has 2 aliphatic heterocycles. The number of piperazine rings is 1. The lowest BCUT2D eigenvalue weighted by Gasteiger charge is -2.40. The van der Waals surface area contributed by atoms with Gasteiger partial charge in [0, 0.05) is 49.5 Å². The fourth-order valence-electron chi connectivity index (χ4n) is 4.63. The van der Waals surface area contributed by atoms with Crippen LogP contribution in [0.25, 0.3) is 0 Å². The van der Waals surface area contributed by atoms with Gasteiger partial charge in [-0.2, -0.15) is 0 Å². The molecular weight excluding hydrogens is 436 g/mol. The lowest BCUT2D eigenvalue weighted by molar-refractivity contribution is -0.120. The van der Waals surface area contributed by atoms with Crippen molar-refractivity contribution in [1.82, 2.24) is 4.90 Å². The molecule has 1 atom stereocenters. The molecule has 4 rings (SSSR count). The number of nitrogens with one attached hydrogen (secondary N) is 2. The van der Waals surface area contributed by atoms with Crippen molar-refractivity contribution in [2.75, 3.05) is 41.7 Å². The number of hydrogen-bond acceptors (Lipinski definition) is 4. The average molecular weight is 467 g/mol. The fraction of sp³-hybridized carbons (Fsp3) is 0.385. The minimum atomic E-state index is -0.0910. The van der Waals surface area contributed by atoms with Gasteiger partial charge in [-0.1, -0.05) is 49.7 Å². The molecule has 0 spiro atoms. The number of halogens is 1. The molecule has 2 aliphatic rings. The number of nitrogens with zero attached hydrogens (tertiary/aromatic N) is 2. The van der Waals surface area contributed by atoms with E-state index >= 15 is 0 Å². The van der Waals surface area contributed by atoms with Crippen LogP contribution in [-0.4, -0.2) is 42.9 Å². The van der Waals surface area contributed by atoms with Gasteiger partial charge < -0.3 is 15.5 Å². The van der Waals surface area contributed by atoms with Crippen molar-refractivity contribution in [2.24, 2.45) is 5.92 Å². The first-order valence-corrected chi connectivity index (χ1v) is 12.1. The summed E-state index contributed by atoms with van der Waals surface area (Å²) in [5, 5.41) is 6.59. The Morgan fingerprint density at radius 1 is 1.12 bits per heavy atom. The predicted molar refractivity (Wildman–Crippen MR) is 135 cm³/mol. The Balaban J connectivity index is 1.43. The number of carbonyl (C=O) groups is 2. The lowest BCUT2D eigenvalue weighted by Crippen LogP contribution is -2.47. The van der Waals surface area contributed by atoms with Gasteiger partial charge in [0.2, 0.25) is 11.8 Å². The van der Waals surface area contributed by atoms with Crippen molar-refractivity contribution in [3.05, 3.63) is 65.2 Å². The van der Waals surface area contributed by atoms with Gasteiger partial charge in [-0.05, 0) is 42.7 Å². The number of carbonyl (C=O) groups excluding carboxylic acids is 2. The minimum Gasteiger partial charge on any atom is -0.368 e. The van der Waals surface area contributed by atoms with E-state index in [9.17, 15) is 9.59 Å². The molecule has 6 nitrogen and oxygen atoms in total. The second-order valence-corrected chi connectivity index (χ2v) is 8.98. The molecule has 0 saturated carbocycles. The van der Waals surface area contributed by atoms with E-state index in [0.29, 0.717) is 5.02 Å². The third-order valence-electron chi connectivity index (χ3n) is 6.59. The van der Waals surface area contributed by atoms with Gasteiger partial charge in [-0.25, -0.2) is 0 Å². The average Bonchev–Trinajstić information content (AvgIpc) is 2.98. The zero-order valence-electron chi connectivity index (χ0n) is 19.2. The number of para-hydroxylation sites is 1. The van der Waals surface area contributed by atoms with Crippen LogP contribution in [0.2, 0.25) is 5.02 Å². The Bertz CT molecular complexity index is 1040. The first-order chi connectivity index (χ1) is 16.0. The first-order valence-electron chi connectivity index (χ1n) is 11.7. The highest BCUT2D eigenvalue weighted by Crippen LogP contribution is 2.34. The monoisotopic (exact) mass is 466 g/mol. The molecule has 1 unspecified atom stereocenters. The van der Waals surface area contributed by atoms with Gasteiger partial charge in [0.25, 0.3) is 0 Å². The molecule has 0 bridgehead atoms. The van der Waals surface area contributed by atoms with E-state index in [-0.39, 0.29) is 23.8 Å². The Labute approximate surface area is 200 Å². The van der Waals surface area contributed by atoms with Crippen LogP contribution in [-0.2, 0) is 9.59 Å². The standard InChI is InChI=1S/C26H31ClN4O2/c1-3-18(4-2)26(33)28-19-9-10-24(21(27)17-19)31-15-13-30(14-16-31)23-11-12-25(32)29-22-8-6-5-7-20(22)23/h5-12,17-18,23H,3-4,13-16H2,1-2H3,(H,28,33)(H,29,32). The van der Waals surface area contributed by atoms with Gasteiger partial charge in [0.05, 0.1) is 16.8 Å². The molecule has 1 saturated heterocycles. The summed E-state index contributed by atoms with van der Waals surface area (Å²) in [4.78, 5) is 29.1. The number of benzene rings is 2. The summed E-state index contributed by atoms with van der Waals surface area (Å²) < 4.78 is 0. The van der Waals surface area contributed by atoms with Gasteiger partial charge in [0.15, 0.2) is 0 Å². The second kappa shape index (κ2) is 10.4. The van der Waals surface area contributed by atoms with Gasteiger partial charge in [0.1, 0.15) is 0 Å². The van der Waals surface area contributed by atoms with Gasteiger partial charge >= 0.3 is 0 Å². The van der Waals surface area contributed by atoms with Crippen molar-refractivity contribution in [3.63, 3.8) is 0 Å². The molecule has 33 heavy (non-hydrogen) atoms. The first kappa shape index (κ1) is 23.3. The minimum absolute atomic E-state index is 0.0187. The second-order valence-electron chi connectivity index (χ2n) is 8.57. The molecule has 1 fully saturated rings. The Hall–Kier alpha value is -2.83. The van der Waals surface area contributed by atoms with E-state index in [2.05, 4.69) is 26.5 Å². The maximum atomic E-state index is 12.4. The molecule has 2 aromatic rings. The number of anilines is 3. The smallest absolute Gasteiger partial charge is 0.248 e.